The maximum atomic E-state index is 12.6. The lowest BCUT2D eigenvalue weighted by Gasteiger charge is -2.30. The van der Waals surface area contributed by atoms with Gasteiger partial charge >= 0.3 is 0 Å². The molecule has 8 nitrogen and oxygen atoms in total. The number of nitrogens with one attached hydrogen (secondary N) is 2. The first-order valence-corrected chi connectivity index (χ1v) is 10.4. The number of sulfonamides is 1. The van der Waals surface area contributed by atoms with Crippen molar-refractivity contribution in [1.29, 1.82) is 0 Å². The second-order valence-electron chi connectivity index (χ2n) is 5.79. The van der Waals surface area contributed by atoms with Crippen molar-refractivity contribution in [3.63, 3.8) is 0 Å². The Morgan fingerprint density at radius 2 is 2.04 bits per heavy atom. The van der Waals surface area contributed by atoms with Crippen molar-refractivity contribution in [2.24, 2.45) is 5.92 Å². The van der Waals surface area contributed by atoms with Gasteiger partial charge in [0.1, 0.15) is 9.90 Å². The Hall–Kier alpha value is -2.30. The first kappa shape index (κ1) is 18.5. The lowest BCUT2D eigenvalue weighted by atomic mass is 9.99. The van der Waals surface area contributed by atoms with Gasteiger partial charge in [0.25, 0.3) is 15.9 Å². The van der Waals surface area contributed by atoms with Crippen molar-refractivity contribution in [2.75, 3.05) is 13.1 Å². The zero-order valence-electron chi connectivity index (χ0n) is 13.8. The number of hydrogen-bond donors (Lipinski definition) is 2. The van der Waals surface area contributed by atoms with Crippen LogP contribution in [-0.4, -0.2) is 42.6 Å². The van der Waals surface area contributed by atoms with Crippen LogP contribution in [0.4, 0.5) is 0 Å². The van der Waals surface area contributed by atoms with Crippen molar-refractivity contribution in [2.45, 2.75) is 17.1 Å². The Balaban J connectivity index is 1.59. The lowest BCUT2D eigenvalue weighted by Crippen LogP contribution is -2.50. The number of amides is 2. The number of aromatic nitrogens is 1. The van der Waals surface area contributed by atoms with Gasteiger partial charge in [-0.05, 0) is 36.4 Å². The summed E-state index contributed by atoms with van der Waals surface area (Å²) in [4.78, 5) is 28.1. The van der Waals surface area contributed by atoms with Crippen molar-refractivity contribution in [3.8, 4) is 0 Å². The topological polar surface area (TPSA) is 108 Å². The molecule has 2 aromatic heterocycles. The van der Waals surface area contributed by atoms with E-state index in [2.05, 4.69) is 15.8 Å². The van der Waals surface area contributed by atoms with Crippen LogP contribution in [0.15, 0.2) is 46.1 Å². The number of carbonyl (C=O) groups is 2. The molecule has 0 aliphatic carbocycles. The van der Waals surface area contributed by atoms with Gasteiger partial charge in [-0.1, -0.05) is 12.1 Å². The highest BCUT2D eigenvalue weighted by atomic mass is 32.2. The molecule has 0 saturated carbocycles. The van der Waals surface area contributed by atoms with Gasteiger partial charge in [0.2, 0.25) is 5.91 Å². The number of nitrogens with zero attached hydrogens (tertiary/aromatic N) is 2. The Bertz CT molecular complexity index is 869. The van der Waals surface area contributed by atoms with Crippen LogP contribution < -0.4 is 10.9 Å². The molecule has 0 radical (unpaired) electrons. The number of thiophene rings is 1. The summed E-state index contributed by atoms with van der Waals surface area (Å²) in [7, 11) is -3.58. The molecule has 2 amide bonds. The number of hydrazine groups is 1. The molecule has 3 rings (SSSR count). The molecule has 0 spiro atoms. The van der Waals surface area contributed by atoms with Crippen LogP contribution in [-0.2, 0) is 14.8 Å². The van der Waals surface area contributed by atoms with E-state index >= 15 is 0 Å². The quantitative estimate of drug-likeness (QED) is 0.752. The van der Waals surface area contributed by atoms with E-state index in [4.69, 9.17) is 0 Å². The highest BCUT2D eigenvalue weighted by Crippen LogP contribution is 2.26. The predicted octanol–water partition coefficient (Wildman–Crippen LogP) is 1.00. The van der Waals surface area contributed by atoms with Crippen LogP contribution in [0.1, 0.15) is 23.3 Å². The van der Waals surface area contributed by atoms with Crippen LogP contribution in [0, 0.1) is 5.92 Å². The van der Waals surface area contributed by atoms with Crippen LogP contribution >= 0.6 is 11.3 Å². The van der Waals surface area contributed by atoms with Gasteiger partial charge in [-0.15, -0.1) is 11.3 Å². The molecule has 2 aromatic rings. The van der Waals surface area contributed by atoms with Crippen molar-refractivity contribution >= 4 is 33.2 Å². The summed E-state index contributed by atoms with van der Waals surface area (Å²) in [6.07, 6.45) is 2.61. The van der Waals surface area contributed by atoms with Gasteiger partial charge in [-0.3, -0.25) is 25.4 Å². The first-order chi connectivity index (χ1) is 12.5. The van der Waals surface area contributed by atoms with Gasteiger partial charge in [0.15, 0.2) is 0 Å². The predicted molar refractivity (Wildman–Crippen MR) is 95.6 cm³/mol. The van der Waals surface area contributed by atoms with E-state index in [1.54, 1.807) is 29.6 Å². The fraction of sp³-hybridized carbons (Fsp3) is 0.312. The summed E-state index contributed by atoms with van der Waals surface area (Å²) in [5, 5.41) is 1.70. The zero-order valence-corrected chi connectivity index (χ0v) is 15.4. The van der Waals surface area contributed by atoms with E-state index in [0.717, 1.165) is 11.3 Å². The van der Waals surface area contributed by atoms with E-state index in [1.807, 2.05) is 0 Å². The Morgan fingerprint density at radius 3 is 2.73 bits per heavy atom. The average Bonchev–Trinajstić information content (AvgIpc) is 3.22. The molecule has 0 bridgehead atoms. The smallest absolute Gasteiger partial charge is 0.273 e. The lowest BCUT2D eigenvalue weighted by molar-refractivity contribution is -0.126. The van der Waals surface area contributed by atoms with Crippen LogP contribution in [0.3, 0.4) is 0 Å². The number of pyridine rings is 1. The summed E-state index contributed by atoms with van der Waals surface area (Å²) in [6.45, 7) is 0.468. The summed E-state index contributed by atoms with van der Waals surface area (Å²) in [5.74, 6) is -1.47. The molecule has 1 atom stereocenters. The second-order valence-corrected chi connectivity index (χ2v) is 8.91. The summed E-state index contributed by atoms with van der Waals surface area (Å²) >= 11 is 1.15. The molecule has 1 fully saturated rings. The zero-order chi connectivity index (χ0) is 18.6. The third-order valence-corrected chi connectivity index (χ3v) is 7.28. The summed E-state index contributed by atoms with van der Waals surface area (Å²) < 4.78 is 26.8. The fourth-order valence-electron chi connectivity index (χ4n) is 2.69. The Kier molecular flexibility index (Phi) is 5.64. The maximum Gasteiger partial charge on any atom is 0.288 e. The van der Waals surface area contributed by atoms with Crippen LogP contribution in [0.2, 0.25) is 0 Å². The van der Waals surface area contributed by atoms with Crippen molar-refractivity contribution in [1.82, 2.24) is 20.1 Å². The highest BCUT2D eigenvalue weighted by molar-refractivity contribution is 7.91. The molecular formula is C16H18N4O4S2. The van der Waals surface area contributed by atoms with Gasteiger partial charge < -0.3 is 0 Å². The van der Waals surface area contributed by atoms with E-state index in [0.29, 0.717) is 19.4 Å². The van der Waals surface area contributed by atoms with Gasteiger partial charge in [-0.25, -0.2) is 8.42 Å². The van der Waals surface area contributed by atoms with Gasteiger partial charge in [-0.2, -0.15) is 4.31 Å². The molecule has 1 unspecified atom stereocenters. The highest BCUT2D eigenvalue weighted by Gasteiger charge is 2.33. The van der Waals surface area contributed by atoms with Crippen molar-refractivity contribution in [3.05, 3.63) is 47.6 Å². The molecule has 0 aromatic carbocycles. The molecule has 2 N–H and O–H groups in total. The number of piperidine rings is 1. The third-order valence-electron chi connectivity index (χ3n) is 4.04. The standard InChI is InChI=1S/C16H18N4O4S2/c21-15(18-19-16(22)13-6-1-2-8-17-13)12-5-3-9-20(11-12)26(23,24)14-7-4-10-25-14/h1-2,4,6-8,10,12H,3,5,9,11H2,(H,18,21)(H,19,22). The molecule has 1 saturated heterocycles. The molecule has 3 heterocycles. The molecule has 26 heavy (non-hydrogen) atoms. The maximum absolute atomic E-state index is 12.6. The molecule has 10 heteroatoms. The molecular weight excluding hydrogens is 376 g/mol. The van der Waals surface area contributed by atoms with E-state index in [-0.39, 0.29) is 16.4 Å². The normalized spacial score (nSPS) is 18.2. The molecule has 138 valence electrons. The van der Waals surface area contributed by atoms with Crippen LogP contribution in [0.25, 0.3) is 0 Å². The van der Waals surface area contributed by atoms with Gasteiger partial charge in [0.05, 0.1) is 5.92 Å². The minimum Gasteiger partial charge on any atom is -0.273 e. The summed E-state index contributed by atoms with van der Waals surface area (Å²) in [5.41, 5.74) is 4.85. The largest absolute Gasteiger partial charge is 0.288 e. The van der Waals surface area contributed by atoms with Crippen LogP contribution in [0.5, 0.6) is 0 Å². The molecule has 1 aliphatic rings. The fourth-order valence-corrected chi connectivity index (χ4v) is 5.36. The van der Waals surface area contributed by atoms with Gasteiger partial charge in [0, 0.05) is 19.3 Å². The number of rotatable bonds is 4. The Labute approximate surface area is 155 Å². The average molecular weight is 394 g/mol. The first-order valence-electron chi connectivity index (χ1n) is 8.03. The second kappa shape index (κ2) is 7.94. The number of carbonyl (C=O) groups excluding carboxylic acids is 2. The minimum atomic E-state index is -3.58. The molecule has 1 aliphatic heterocycles. The third kappa shape index (κ3) is 4.09. The monoisotopic (exact) mass is 394 g/mol. The van der Waals surface area contributed by atoms with E-state index in [1.165, 1.54) is 16.6 Å². The minimum absolute atomic E-state index is 0.0888. The SMILES string of the molecule is O=C(NNC(=O)C1CCCN(S(=O)(=O)c2cccs2)C1)c1ccccn1. The summed E-state index contributed by atoms with van der Waals surface area (Å²) in [6, 6.07) is 8.10. The van der Waals surface area contributed by atoms with E-state index < -0.39 is 27.8 Å². The Morgan fingerprint density at radius 1 is 1.19 bits per heavy atom. The van der Waals surface area contributed by atoms with E-state index in [9.17, 15) is 18.0 Å². The number of hydrogen-bond acceptors (Lipinski definition) is 6. The van der Waals surface area contributed by atoms with Crippen molar-refractivity contribution < 1.29 is 18.0 Å².